The van der Waals surface area contributed by atoms with Crippen LogP contribution in [0.1, 0.15) is 52.7 Å². The molecule has 2 aromatic rings. The summed E-state index contributed by atoms with van der Waals surface area (Å²) >= 11 is 0. The van der Waals surface area contributed by atoms with Crippen LogP contribution in [0.4, 0.5) is 14.4 Å². The zero-order valence-corrected chi connectivity index (χ0v) is 21.5. The van der Waals surface area contributed by atoms with Gasteiger partial charge in [0.1, 0.15) is 17.3 Å². The SMILES string of the molecule is COc1ccc(OC(=O)N=C(N)c2ccc(C(N(C(=O)O)C(=O)O)(C(C)(C)C)C(C)(C)C)cc2)cc1. The van der Waals surface area contributed by atoms with Crippen molar-refractivity contribution < 1.29 is 34.1 Å². The lowest BCUT2D eigenvalue weighted by atomic mass is 9.56. The van der Waals surface area contributed by atoms with Gasteiger partial charge in [-0.15, -0.1) is 0 Å². The number of hydrogen-bond acceptors (Lipinski definition) is 5. The van der Waals surface area contributed by atoms with E-state index in [2.05, 4.69) is 4.99 Å². The van der Waals surface area contributed by atoms with E-state index in [1.54, 1.807) is 90.1 Å². The van der Waals surface area contributed by atoms with Crippen LogP contribution in [0.2, 0.25) is 0 Å². The molecule has 0 unspecified atom stereocenters. The Hall–Kier alpha value is -4.08. The first-order valence-corrected chi connectivity index (χ1v) is 11.1. The Morgan fingerprint density at radius 2 is 1.25 bits per heavy atom. The first-order valence-electron chi connectivity index (χ1n) is 11.1. The van der Waals surface area contributed by atoms with Gasteiger partial charge in [0.15, 0.2) is 0 Å². The lowest BCUT2D eigenvalue weighted by Crippen LogP contribution is -2.64. The van der Waals surface area contributed by atoms with Crippen molar-refractivity contribution in [2.45, 2.75) is 47.1 Å². The van der Waals surface area contributed by atoms with Gasteiger partial charge < -0.3 is 25.4 Å². The molecule has 0 aliphatic heterocycles. The molecule has 36 heavy (non-hydrogen) atoms. The Morgan fingerprint density at radius 1 is 0.806 bits per heavy atom. The van der Waals surface area contributed by atoms with Gasteiger partial charge >= 0.3 is 18.3 Å². The van der Waals surface area contributed by atoms with Gasteiger partial charge in [0.05, 0.1) is 12.6 Å². The standard InChI is InChI=1S/C26H33N3O7/c1-24(2,3)26(25(4,5)6,29(22(31)32)23(33)34)17-10-8-16(9-11-17)20(27)28-21(30)36-19-14-12-18(35-7)13-15-19/h8-15H,1-7H3,(H,31,32)(H,33,34)(H2,27,28,30). The minimum atomic E-state index is -1.58. The number of imide groups is 1. The van der Waals surface area contributed by atoms with Crippen LogP contribution < -0.4 is 15.2 Å². The summed E-state index contributed by atoms with van der Waals surface area (Å²) in [4.78, 5) is 40.8. The molecule has 10 nitrogen and oxygen atoms in total. The molecule has 3 amide bonds. The Kier molecular flexibility index (Phi) is 8.03. The quantitative estimate of drug-likeness (QED) is 0.358. The van der Waals surface area contributed by atoms with Crippen LogP contribution in [0.3, 0.4) is 0 Å². The van der Waals surface area contributed by atoms with E-state index < -0.39 is 34.6 Å². The molecule has 0 atom stereocenters. The predicted octanol–water partition coefficient (Wildman–Crippen LogP) is 5.55. The van der Waals surface area contributed by atoms with Gasteiger partial charge in [-0.1, -0.05) is 65.8 Å². The zero-order valence-electron chi connectivity index (χ0n) is 21.5. The van der Waals surface area contributed by atoms with Crippen molar-refractivity contribution in [2.24, 2.45) is 21.6 Å². The van der Waals surface area contributed by atoms with Crippen LogP contribution in [0, 0.1) is 10.8 Å². The Bertz CT molecular complexity index is 1110. The Morgan fingerprint density at radius 3 is 1.64 bits per heavy atom. The lowest BCUT2D eigenvalue weighted by molar-refractivity contribution is -0.0664. The van der Waals surface area contributed by atoms with E-state index in [0.29, 0.717) is 21.8 Å². The highest BCUT2D eigenvalue weighted by atomic mass is 16.5. The minimum absolute atomic E-state index is 0.120. The maximum atomic E-state index is 12.2. The molecule has 0 heterocycles. The fourth-order valence-electron chi connectivity index (χ4n) is 4.97. The number of amides is 3. The maximum absolute atomic E-state index is 12.2. The van der Waals surface area contributed by atoms with Crippen molar-refractivity contribution in [1.82, 2.24) is 4.90 Å². The number of rotatable bonds is 5. The molecule has 0 bridgehead atoms. The third kappa shape index (κ3) is 5.42. The predicted molar refractivity (Wildman–Crippen MR) is 135 cm³/mol. The molecular weight excluding hydrogens is 466 g/mol. The molecule has 0 fully saturated rings. The molecule has 4 N–H and O–H groups in total. The fourth-order valence-corrected chi connectivity index (χ4v) is 4.97. The van der Waals surface area contributed by atoms with Crippen molar-refractivity contribution >= 4 is 24.1 Å². The number of nitrogens with two attached hydrogens (primary N) is 1. The molecule has 2 aromatic carbocycles. The zero-order chi connectivity index (χ0) is 27.5. The van der Waals surface area contributed by atoms with Gasteiger partial charge in [-0.25, -0.2) is 19.3 Å². The smallest absolute Gasteiger partial charge is 0.441 e. The van der Waals surface area contributed by atoms with Crippen LogP contribution in [0.5, 0.6) is 11.5 Å². The summed E-state index contributed by atoms with van der Waals surface area (Å²) in [5, 5.41) is 19.8. The molecule has 0 saturated heterocycles. The first-order chi connectivity index (χ1) is 16.6. The van der Waals surface area contributed by atoms with E-state index in [0.717, 1.165) is 0 Å². The number of amidine groups is 1. The number of aliphatic imine (C=N–C) groups is 1. The van der Waals surface area contributed by atoms with Crippen molar-refractivity contribution in [2.75, 3.05) is 7.11 Å². The molecule has 194 valence electrons. The van der Waals surface area contributed by atoms with Crippen molar-refractivity contribution in [3.05, 3.63) is 59.7 Å². The van der Waals surface area contributed by atoms with Gasteiger partial charge in [0.25, 0.3) is 0 Å². The second kappa shape index (κ2) is 10.3. The van der Waals surface area contributed by atoms with Gasteiger partial charge in [-0.2, -0.15) is 4.99 Å². The van der Waals surface area contributed by atoms with Crippen molar-refractivity contribution in [3.63, 3.8) is 0 Å². The van der Waals surface area contributed by atoms with E-state index >= 15 is 0 Å². The maximum Gasteiger partial charge on any atom is 0.441 e. The fraction of sp³-hybridized carbons (Fsp3) is 0.385. The molecule has 0 spiro atoms. The van der Waals surface area contributed by atoms with E-state index in [-0.39, 0.29) is 11.6 Å². The number of methoxy groups -OCH3 is 1. The van der Waals surface area contributed by atoms with Gasteiger partial charge in [0.2, 0.25) is 0 Å². The van der Waals surface area contributed by atoms with Crippen LogP contribution in [0.15, 0.2) is 53.5 Å². The monoisotopic (exact) mass is 499 g/mol. The summed E-state index contributed by atoms with van der Waals surface area (Å²) in [6, 6.07) is 12.7. The molecule has 0 aliphatic rings. The topological polar surface area (TPSA) is 152 Å². The second-order valence-electron chi connectivity index (χ2n) is 10.2. The molecule has 0 radical (unpaired) electrons. The molecule has 0 aliphatic carbocycles. The lowest BCUT2D eigenvalue weighted by Gasteiger charge is -2.56. The number of carboxylic acid groups (broad SMARTS) is 2. The molecule has 0 aromatic heterocycles. The van der Waals surface area contributed by atoms with E-state index in [1.807, 2.05) is 0 Å². The molecular formula is C26H33N3O7. The summed E-state index contributed by atoms with van der Waals surface area (Å²) in [5.74, 6) is 0.740. The average molecular weight is 500 g/mol. The number of benzene rings is 2. The Balaban J connectivity index is 2.48. The average Bonchev–Trinajstić information content (AvgIpc) is 2.75. The number of nitrogens with zero attached hydrogens (tertiary/aromatic N) is 2. The highest BCUT2D eigenvalue weighted by Gasteiger charge is 2.60. The first kappa shape index (κ1) is 28.2. The molecule has 0 saturated carbocycles. The highest BCUT2D eigenvalue weighted by Crippen LogP contribution is 2.55. The minimum Gasteiger partial charge on any atom is -0.497 e. The van der Waals surface area contributed by atoms with Gasteiger partial charge in [-0.3, -0.25) is 0 Å². The molecule has 2 rings (SSSR count). The number of ether oxygens (including phenoxy) is 2. The largest absolute Gasteiger partial charge is 0.497 e. The Labute approximate surface area is 210 Å². The molecule has 10 heteroatoms. The summed E-state index contributed by atoms with van der Waals surface area (Å²) in [5.41, 5.74) is 3.68. The van der Waals surface area contributed by atoms with E-state index in [9.17, 15) is 24.6 Å². The van der Waals surface area contributed by atoms with Crippen LogP contribution >= 0.6 is 0 Å². The van der Waals surface area contributed by atoms with Crippen LogP contribution in [0.25, 0.3) is 0 Å². The number of carbonyl (C=O) groups is 3. The van der Waals surface area contributed by atoms with Gasteiger partial charge in [-0.05, 0) is 40.7 Å². The van der Waals surface area contributed by atoms with E-state index in [1.165, 1.54) is 7.11 Å². The number of hydrogen-bond donors (Lipinski definition) is 3. The normalized spacial score (nSPS) is 12.6. The van der Waals surface area contributed by atoms with Crippen molar-refractivity contribution in [1.29, 1.82) is 0 Å². The van der Waals surface area contributed by atoms with Gasteiger partial charge in [0, 0.05) is 5.56 Å². The summed E-state index contributed by atoms with van der Waals surface area (Å²) in [6.07, 6.45) is -4.10. The van der Waals surface area contributed by atoms with Crippen LogP contribution in [-0.4, -0.2) is 46.3 Å². The number of carbonyl (C=O) groups excluding carboxylic acids is 1. The second-order valence-corrected chi connectivity index (χ2v) is 10.2. The van der Waals surface area contributed by atoms with E-state index in [4.69, 9.17) is 15.2 Å². The summed E-state index contributed by atoms with van der Waals surface area (Å²) < 4.78 is 10.2. The van der Waals surface area contributed by atoms with Crippen molar-refractivity contribution in [3.8, 4) is 11.5 Å². The van der Waals surface area contributed by atoms with Crippen LogP contribution in [-0.2, 0) is 5.54 Å². The highest BCUT2D eigenvalue weighted by molar-refractivity contribution is 6.03. The summed E-state index contributed by atoms with van der Waals surface area (Å²) in [6.45, 7) is 10.7. The third-order valence-electron chi connectivity index (χ3n) is 5.96. The summed E-state index contributed by atoms with van der Waals surface area (Å²) in [7, 11) is 1.52. The third-order valence-corrected chi connectivity index (χ3v) is 5.96.